The Morgan fingerprint density at radius 1 is 0.867 bits per heavy atom. The number of unbranched alkanes of at least 4 members (excludes halogenated alkanes) is 1. The van der Waals surface area contributed by atoms with Gasteiger partial charge < -0.3 is 4.23 Å². The predicted molar refractivity (Wildman–Crippen MR) is 77.4 cm³/mol. The van der Waals surface area contributed by atoms with Gasteiger partial charge in [-0.05, 0) is 6.42 Å². The Hall–Kier alpha value is 0.134. The van der Waals surface area contributed by atoms with E-state index < -0.39 is 16.5 Å². The minimum absolute atomic E-state index is 1.14. The quantitative estimate of drug-likeness (QED) is 0.496. The molecule has 0 unspecified atom stereocenters. The predicted octanol–water partition coefficient (Wildman–Crippen LogP) is 4.31. The van der Waals surface area contributed by atoms with E-state index in [9.17, 15) is 0 Å². The fourth-order valence-electron chi connectivity index (χ4n) is 2.02. The van der Waals surface area contributed by atoms with Gasteiger partial charge >= 0.3 is 0 Å². The summed E-state index contributed by atoms with van der Waals surface area (Å²) in [6.45, 7) is 18.2. The first-order valence-electron chi connectivity index (χ1n) is 6.12. The van der Waals surface area contributed by atoms with Crippen molar-refractivity contribution in [1.82, 2.24) is 4.23 Å². The first-order chi connectivity index (χ1) is 6.69. The number of nitrogens with zero attached hydrogens (tertiary/aromatic N) is 1. The number of hydrogen-bond donors (Lipinski definition) is 0. The molecule has 0 heterocycles. The third-order valence-corrected chi connectivity index (χ3v) is 10.2. The van der Waals surface area contributed by atoms with Crippen molar-refractivity contribution in [2.75, 3.05) is 6.54 Å². The van der Waals surface area contributed by atoms with Crippen LogP contribution >= 0.6 is 0 Å². The van der Waals surface area contributed by atoms with Gasteiger partial charge in [-0.25, -0.2) is 0 Å². The lowest BCUT2D eigenvalue weighted by Crippen LogP contribution is -2.58. The molecule has 0 rings (SSSR count). The monoisotopic (exact) mass is 243 g/mol. The van der Waals surface area contributed by atoms with Crippen molar-refractivity contribution < 1.29 is 0 Å². The number of rotatable bonds is 6. The summed E-state index contributed by atoms with van der Waals surface area (Å²) in [6.07, 6.45) is 7.20. The molecule has 0 spiro atoms. The largest absolute Gasteiger partial charge is 0.343 e. The molecule has 0 aromatic rings. The van der Waals surface area contributed by atoms with Gasteiger partial charge in [0.05, 0.1) is 0 Å². The Labute approximate surface area is 98.7 Å². The molecule has 0 radical (unpaired) electrons. The highest BCUT2D eigenvalue weighted by Crippen LogP contribution is 2.19. The zero-order chi connectivity index (χ0) is 12.1. The van der Waals surface area contributed by atoms with Crippen LogP contribution < -0.4 is 0 Å². The van der Waals surface area contributed by atoms with E-state index in [2.05, 4.69) is 62.6 Å². The average molecular weight is 244 g/mol. The van der Waals surface area contributed by atoms with E-state index in [1.165, 1.54) is 19.4 Å². The van der Waals surface area contributed by atoms with Crippen LogP contribution in [0.1, 0.15) is 19.8 Å². The normalized spacial score (nSPS) is 14.1. The summed E-state index contributed by atoms with van der Waals surface area (Å²) in [7, 11) is -2.28. The summed E-state index contributed by atoms with van der Waals surface area (Å²) in [5.41, 5.74) is 0. The summed E-state index contributed by atoms with van der Waals surface area (Å²) in [5.74, 6) is 0. The molecule has 0 fully saturated rings. The van der Waals surface area contributed by atoms with Crippen molar-refractivity contribution in [1.29, 1.82) is 0 Å². The lowest BCUT2D eigenvalue weighted by Gasteiger charge is -2.43. The highest BCUT2D eigenvalue weighted by Gasteiger charge is 2.32. The Kier molecular flexibility index (Phi) is 6.07. The van der Waals surface area contributed by atoms with E-state index >= 15 is 0 Å². The highest BCUT2D eigenvalue weighted by atomic mass is 28.4. The molecule has 0 amide bonds. The van der Waals surface area contributed by atoms with Crippen molar-refractivity contribution in [2.45, 2.75) is 59.0 Å². The number of hydrogen-bond acceptors (Lipinski definition) is 1. The summed E-state index contributed by atoms with van der Waals surface area (Å²) in [4.78, 5) is 0. The van der Waals surface area contributed by atoms with Crippen LogP contribution in [0.4, 0.5) is 0 Å². The van der Waals surface area contributed by atoms with Gasteiger partial charge in [-0.1, -0.05) is 64.8 Å². The Bertz CT molecular complexity index is 185. The second-order valence-corrected chi connectivity index (χ2v) is 16.4. The smallest absolute Gasteiger partial charge is 0.112 e. The van der Waals surface area contributed by atoms with Gasteiger partial charge in [0.1, 0.15) is 16.5 Å². The van der Waals surface area contributed by atoms with Crippen LogP contribution in [-0.4, -0.2) is 27.2 Å². The Balaban J connectivity index is 4.42. The SMILES string of the molecule is CCC/C=C/CN([Si](C)(C)C)[Si](C)(C)C. The molecule has 0 N–H and O–H groups in total. The van der Waals surface area contributed by atoms with Gasteiger partial charge in [0.25, 0.3) is 0 Å². The Morgan fingerprint density at radius 3 is 1.67 bits per heavy atom. The zero-order valence-electron chi connectivity index (χ0n) is 11.7. The molecule has 90 valence electrons. The van der Waals surface area contributed by atoms with Crippen molar-refractivity contribution in [3.05, 3.63) is 12.2 Å². The van der Waals surface area contributed by atoms with Crippen molar-refractivity contribution in [3.63, 3.8) is 0 Å². The molecule has 0 aliphatic heterocycles. The maximum atomic E-state index is 2.81. The van der Waals surface area contributed by atoms with Crippen molar-refractivity contribution in [3.8, 4) is 0 Å². The molecule has 0 aromatic heterocycles. The molecule has 0 aromatic carbocycles. The third-order valence-electron chi connectivity index (χ3n) is 2.53. The minimum Gasteiger partial charge on any atom is -0.343 e. The second-order valence-electron chi connectivity index (χ2n) is 6.21. The fourth-order valence-corrected chi connectivity index (χ4v) is 11.4. The van der Waals surface area contributed by atoms with E-state index in [0.717, 1.165) is 0 Å². The molecule has 0 aliphatic carbocycles. The molecule has 0 saturated carbocycles. The van der Waals surface area contributed by atoms with Gasteiger partial charge in [0.2, 0.25) is 0 Å². The highest BCUT2D eigenvalue weighted by molar-refractivity contribution is 6.89. The number of allylic oxidation sites excluding steroid dienone is 1. The third kappa shape index (κ3) is 6.33. The van der Waals surface area contributed by atoms with E-state index in [4.69, 9.17) is 0 Å². The summed E-state index contributed by atoms with van der Waals surface area (Å²) >= 11 is 0. The molecular weight excluding hydrogens is 214 g/mol. The van der Waals surface area contributed by atoms with Crippen molar-refractivity contribution in [2.24, 2.45) is 0 Å². The van der Waals surface area contributed by atoms with Crippen LogP contribution in [0.3, 0.4) is 0 Å². The molecule has 0 aliphatic rings. The fraction of sp³-hybridized carbons (Fsp3) is 0.833. The maximum absolute atomic E-state index is 2.81. The lowest BCUT2D eigenvalue weighted by atomic mass is 10.3. The van der Waals surface area contributed by atoms with Gasteiger partial charge in [-0.15, -0.1) is 0 Å². The standard InChI is InChI=1S/C12H29NSi2/c1-8-9-10-11-12-13(14(2,3)4)15(5,6)7/h10-11H,8-9,12H2,1-7H3/b11-10+. The molecule has 0 atom stereocenters. The van der Waals surface area contributed by atoms with E-state index in [-0.39, 0.29) is 0 Å². The molecule has 3 heteroatoms. The van der Waals surface area contributed by atoms with Gasteiger partial charge in [-0.3, -0.25) is 0 Å². The molecular formula is C12H29NSi2. The molecule has 15 heavy (non-hydrogen) atoms. The summed E-state index contributed by atoms with van der Waals surface area (Å²) in [5, 5.41) is 0. The van der Waals surface area contributed by atoms with E-state index in [1.54, 1.807) is 0 Å². The molecule has 0 saturated heterocycles. The minimum atomic E-state index is -1.14. The first-order valence-corrected chi connectivity index (χ1v) is 13.0. The van der Waals surface area contributed by atoms with Crippen LogP contribution in [-0.2, 0) is 0 Å². The van der Waals surface area contributed by atoms with Gasteiger partial charge in [0, 0.05) is 6.54 Å². The van der Waals surface area contributed by atoms with E-state index in [0.29, 0.717) is 0 Å². The van der Waals surface area contributed by atoms with Crippen LogP contribution in [0.2, 0.25) is 39.3 Å². The van der Waals surface area contributed by atoms with Crippen LogP contribution in [0, 0.1) is 0 Å². The summed E-state index contributed by atoms with van der Waals surface area (Å²) in [6, 6.07) is 0. The molecule has 0 bridgehead atoms. The lowest BCUT2D eigenvalue weighted by molar-refractivity contribution is 0.685. The first kappa shape index (κ1) is 15.1. The van der Waals surface area contributed by atoms with Gasteiger partial charge in [0.15, 0.2) is 0 Å². The Morgan fingerprint density at radius 2 is 1.33 bits per heavy atom. The van der Waals surface area contributed by atoms with Crippen LogP contribution in [0.5, 0.6) is 0 Å². The topological polar surface area (TPSA) is 3.24 Å². The van der Waals surface area contributed by atoms with Crippen molar-refractivity contribution >= 4 is 16.5 Å². The summed E-state index contributed by atoms with van der Waals surface area (Å²) < 4.78 is 2.81. The van der Waals surface area contributed by atoms with Crippen LogP contribution in [0.25, 0.3) is 0 Å². The van der Waals surface area contributed by atoms with Gasteiger partial charge in [-0.2, -0.15) is 0 Å². The van der Waals surface area contributed by atoms with Crippen LogP contribution in [0.15, 0.2) is 12.2 Å². The second kappa shape index (κ2) is 6.01. The van der Waals surface area contributed by atoms with E-state index in [1.807, 2.05) is 0 Å². The average Bonchev–Trinajstić information content (AvgIpc) is 1.99. The zero-order valence-corrected chi connectivity index (χ0v) is 13.7. The maximum Gasteiger partial charge on any atom is 0.112 e. The molecule has 1 nitrogen and oxygen atoms in total.